The van der Waals surface area contributed by atoms with Crippen LogP contribution in [0.2, 0.25) is 0 Å². The average Bonchev–Trinajstić information content (AvgIpc) is 2.88. The SMILES string of the molecule is CCNC(=NCCCN1CCCC1=O)NCCCCSC. The number of rotatable bonds is 10. The molecule has 1 amide bonds. The highest BCUT2D eigenvalue weighted by Crippen LogP contribution is 2.09. The van der Waals surface area contributed by atoms with Gasteiger partial charge in [-0.15, -0.1) is 0 Å². The third kappa shape index (κ3) is 8.19. The fraction of sp³-hybridized carbons (Fsp3) is 0.867. The molecule has 0 spiro atoms. The van der Waals surface area contributed by atoms with Gasteiger partial charge in [0.1, 0.15) is 0 Å². The zero-order valence-corrected chi connectivity index (χ0v) is 14.3. The van der Waals surface area contributed by atoms with Gasteiger partial charge in [0, 0.05) is 39.1 Å². The Balaban J connectivity index is 2.16. The van der Waals surface area contributed by atoms with E-state index in [1.54, 1.807) is 0 Å². The molecule has 0 bridgehead atoms. The zero-order chi connectivity index (χ0) is 15.3. The predicted octanol–water partition coefficient (Wildman–Crippen LogP) is 1.70. The lowest BCUT2D eigenvalue weighted by Crippen LogP contribution is -2.38. The van der Waals surface area contributed by atoms with E-state index >= 15 is 0 Å². The lowest BCUT2D eigenvalue weighted by molar-refractivity contribution is -0.127. The van der Waals surface area contributed by atoms with Crippen molar-refractivity contribution in [3.8, 4) is 0 Å². The first-order valence-corrected chi connectivity index (χ1v) is 9.46. The number of guanidine groups is 1. The molecule has 1 saturated heterocycles. The van der Waals surface area contributed by atoms with Crippen molar-refractivity contribution in [3.05, 3.63) is 0 Å². The van der Waals surface area contributed by atoms with Crippen LogP contribution in [0.5, 0.6) is 0 Å². The molecule has 0 atom stereocenters. The Hall–Kier alpha value is -0.910. The van der Waals surface area contributed by atoms with Crippen molar-refractivity contribution in [3.63, 3.8) is 0 Å². The number of nitrogens with zero attached hydrogens (tertiary/aromatic N) is 2. The lowest BCUT2D eigenvalue weighted by Gasteiger charge is -2.15. The molecule has 5 nitrogen and oxygen atoms in total. The number of amides is 1. The van der Waals surface area contributed by atoms with Crippen LogP contribution in [0.4, 0.5) is 0 Å². The van der Waals surface area contributed by atoms with Gasteiger partial charge in [0.2, 0.25) is 5.91 Å². The van der Waals surface area contributed by atoms with Gasteiger partial charge in [-0.1, -0.05) is 0 Å². The first-order valence-electron chi connectivity index (χ1n) is 8.06. The molecule has 6 heteroatoms. The summed E-state index contributed by atoms with van der Waals surface area (Å²) in [6.45, 7) is 6.46. The van der Waals surface area contributed by atoms with Crippen LogP contribution in [-0.2, 0) is 4.79 Å². The summed E-state index contributed by atoms with van der Waals surface area (Å²) in [6.07, 6.45) is 7.24. The topological polar surface area (TPSA) is 56.7 Å². The molecule has 0 aliphatic carbocycles. The van der Waals surface area contributed by atoms with Crippen LogP contribution < -0.4 is 10.6 Å². The van der Waals surface area contributed by atoms with E-state index in [-0.39, 0.29) is 0 Å². The molecule has 0 saturated carbocycles. The average molecular weight is 314 g/mol. The van der Waals surface area contributed by atoms with Crippen LogP contribution >= 0.6 is 11.8 Å². The van der Waals surface area contributed by atoms with Crippen molar-refractivity contribution < 1.29 is 4.79 Å². The van der Waals surface area contributed by atoms with E-state index in [0.29, 0.717) is 5.91 Å². The van der Waals surface area contributed by atoms with E-state index < -0.39 is 0 Å². The maximum Gasteiger partial charge on any atom is 0.222 e. The maximum atomic E-state index is 11.5. The first kappa shape index (κ1) is 18.1. The quantitative estimate of drug-likeness (QED) is 0.366. The summed E-state index contributed by atoms with van der Waals surface area (Å²) in [6, 6.07) is 0. The minimum Gasteiger partial charge on any atom is -0.357 e. The highest BCUT2D eigenvalue weighted by atomic mass is 32.2. The number of carbonyl (C=O) groups is 1. The second-order valence-electron chi connectivity index (χ2n) is 5.23. The molecule has 0 unspecified atom stereocenters. The van der Waals surface area contributed by atoms with Gasteiger partial charge >= 0.3 is 0 Å². The Morgan fingerprint density at radius 2 is 2.19 bits per heavy atom. The largest absolute Gasteiger partial charge is 0.357 e. The Kier molecular flexibility index (Phi) is 10.1. The van der Waals surface area contributed by atoms with Crippen molar-refractivity contribution in [2.24, 2.45) is 4.99 Å². The fourth-order valence-corrected chi connectivity index (χ4v) is 2.81. The number of unbranched alkanes of at least 4 members (excludes halogenated alkanes) is 1. The van der Waals surface area contributed by atoms with E-state index in [1.165, 1.54) is 18.6 Å². The van der Waals surface area contributed by atoms with Gasteiger partial charge in [-0.2, -0.15) is 11.8 Å². The Morgan fingerprint density at radius 3 is 2.86 bits per heavy atom. The smallest absolute Gasteiger partial charge is 0.222 e. The number of thioether (sulfide) groups is 1. The molecule has 2 N–H and O–H groups in total. The number of nitrogens with one attached hydrogen (secondary N) is 2. The molecule has 21 heavy (non-hydrogen) atoms. The van der Waals surface area contributed by atoms with Crippen LogP contribution in [-0.4, -0.2) is 61.5 Å². The fourth-order valence-electron chi connectivity index (χ4n) is 2.31. The summed E-state index contributed by atoms with van der Waals surface area (Å²) >= 11 is 1.89. The van der Waals surface area contributed by atoms with Crippen molar-refractivity contribution in [1.82, 2.24) is 15.5 Å². The Bertz CT molecular complexity index is 323. The highest BCUT2D eigenvalue weighted by Gasteiger charge is 2.18. The molecular weight excluding hydrogens is 284 g/mol. The van der Waals surface area contributed by atoms with Crippen molar-refractivity contribution in [1.29, 1.82) is 0 Å². The molecule has 0 radical (unpaired) electrons. The molecule has 1 rings (SSSR count). The van der Waals surface area contributed by atoms with Crippen LogP contribution in [0.1, 0.15) is 39.0 Å². The van der Waals surface area contributed by atoms with Gasteiger partial charge in [-0.05, 0) is 44.6 Å². The Morgan fingerprint density at radius 1 is 1.33 bits per heavy atom. The van der Waals surface area contributed by atoms with E-state index in [2.05, 4.69) is 28.8 Å². The summed E-state index contributed by atoms with van der Waals surface area (Å²) in [5.41, 5.74) is 0. The summed E-state index contributed by atoms with van der Waals surface area (Å²) in [4.78, 5) is 18.0. The molecule has 0 aromatic rings. The first-order chi connectivity index (χ1) is 10.3. The number of aliphatic imine (C=N–C) groups is 1. The third-order valence-electron chi connectivity index (χ3n) is 3.44. The molecule has 0 aromatic carbocycles. The van der Waals surface area contributed by atoms with Gasteiger partial charge in [0.25, 0.3) is 0 Å². The normalized spacial score (nSPS) is 15.6. The molecule has 0 aromatic heterocycles. The lowest BCUT2D eigenvalue weighted by atomic mass is 10.3. The van der Waals surface area contributed by atoms with E-state index in [1.807, 2.05) is 16.7 Å². The summed E-state index contributed by atoms with van der Waals surface area (Å²) in [5.74, 6) is 2.42. The highest BCUT2D eigenvalue weighted by molar-refractivity contribution is 7.98. The number of carbonyl (C=O) groups excluding carboxylic acids is 1. The summed E-state index contributed by atoms with van der Waals surface area (Å²) < 4.78 is 0. The van der Waals surface area contributed by atoms with E-state index in [9.17, 15) is 4.79 Å². The Labute approximate surface area is 133 Å². The van der Waals surface area contributed by atoms with Gasteiger partial charge in [-0.3, -0.25) is 9.79 Å². The zero-order valence-electron chi connectivity index (χ0n) is 13.5. The van der Waals surface area contributed by atoms with Crippen LogP contribution in [0, 0.1) is 0 Å². The standard InChI is InChI=1S/C15H30N4OS/c1-3-16-15(17-9-4-5-13-21-2)18-10-7-12-19-11-6-8-14(19)20/h3-13H2,1-2H3,(H2,16,17,18). The minimum absolute atomic E-state index is 0.304. The van der Waals surface area contributed by atoms with Crippen molar-refractivity contribution >= 4 is 23.6 Å². The monoisotopic (exact) mass is 314 g/mol. The van der Waals surface area contributed by atoms with Crippen molar-refractivity contribution in [2.75, 3.05) is 44.7 Å². The second kappa shape index (κ2) is 11.7. The molecule has 122 valence electrons. The third-order valence-corrected chi connectivity index (χ3v) is 4.14. The van der Waals surface area contributed by atoms with Crippen LogP contribution in [0.15, 0.2) is 4.99 Å². The number of hydrogen-bond acceptors (Lipinski definition) is 3. The van der Waals surface area contributed by atoms with Crippen molar-refractivity contribution in [2.45, 2.75) is 39.0 Å². The molecule has 1 aliphatic heterocycles. The van der Waals surface area contributed by atoms with Gasteiger partial charge in [0.15, 0.2) is 5.96 Å². The predicted molar refractivity (Wildman–Crippen MR) is 92.0 cm³/mol. The van der Waals surface area contributed by atoms with E-state index in [4.69, 9.17) is 0 Å². The van der Waals surface area contributed by atoms with Gasteiger partial charge in [-0.25, -0.2) is 0 Å². The number of likely N-dealkylation sites (tertiary alicyclic amines) is 1. The van der Waals surface area contributed by atoms with Crippen LogP contribution in [0.25, 0.3) is 0 Å². The summed E-state index contributed by atoms with van der Waals surface area (Å²) in [5, 5.41) is 6.63. The van der Waals surface area contributed by atoms with Gasteiger partial charge < -0.3 is 15.5 Å². The van der Waals surface area contributed by atoms with E-state index in [0.717, 1.165) is 57.9 Å². The number of hydrogen-bond donors (Lipinski definition) is 2. The summed E-state index contributed by atoms with van der Waals surface area (Å²) in [7, 11) is 0. The van der Waals surface area contributed by atoms with Gasteiger partial charge in [0.05, 0.1) is 0 Å². The molecule has 1 heterocycles. The van der Waals surface area contributed by atoms with Crippen LogP contribution in [0.3, 0.4) is 0 Å². The maximum absolute atomic E-state index is 11.5. The molecular formula is C15H30N4OS. The molecule has 1 fully saturated rings. The molecule has 1 aliphatic rings. The minimum atomic E-state index is 0.304. The second-order valence-corrected chi connectivity index (χ2v) is 6.21.